The fraction of sp³-hybridized carbons (Fsp3) is 0.250. The zero-order chi connectivity index (χ0) is 22.2. The molecule has 3 aromatic rings. The fourth-order valence-corrected chi connectivity index (χ4v) is 2.95. The van der Waals surface area contributed by atoms with Gasteiger partial charge in [0, 0.05) is 18.1 Å². The summed E-state index contributed by atoms with van der Waals surface area (Å²) in [5.74, 6) is 1.49. The molecule has 1 unspecified atom stereocenters. The maximum atomic E-state index is 12.4. The third-order valence-electron chi connectivity index (χ3n) is 4.64. The van der Waals surface area contributed by atoms with Crippen LogP contribution in [0.4, 0.5) is 5.69 Å². The number of hydrogen-bond acceptors (Lipinski definition) is 6. The molecule has 1 N–H and O–H groups in total. The third-order valence-corrected chi connectivity index (χ3v) is 4.64. The molecule has 0 aliphatic heterocycles. The molecule has 0 fully saturated rings. The lowest BCUT2D eigenvalue weighted by Crippen LogP contribution is -2.30. The van der Waals surface area contributed by atoms with Crippen molar-refractivity contribution in [3.8, 4) is 22.8 Å². The van der Waals surface area contributed by atoms with Gasteiger partial charge in [0.05, 0.1) is 26.3 Å². The van der Waals surface area contributed by atoms with Gasteiger partial charge in [0.2, 0.25) is 0 Å². The lowest BCUT2D eigenvalue weighted by atomic mass is 10.2. The van der Waals surface area contributed by atoms with E-state index in [-0.39, 0.29) is 6.42 Å². The summed E-state index contributed by atoms with van der Waals surface area (Å²) < 4.78 is 21.5. The van der Waals surface area contributed by atoms with Gasteiger partial charge in [0.15, 0.2) is 6.10 Å². The maximum Gasteiger partial charge on any atom is 0.307 e. The monoisotopic (exact) mass is 423 g/mol. The Kier molecular flexibility index (Phi) is 7.32. The number of carbonyl (C=O) groups excluding carboxylic acids is 2. The average Bonchev–Trinajstić information content (AvgIpc) is 3.27. The Morgan fingerprint density at radius 2 is 1.77 bits per heavy atom. The molecule has 162 valence electrons. The highest BCUT2D eigenvalue weighted by atomic mass is 16.5. The van der Waals surface area contributed by atoms with Gasteiger partial charge in [-0.25, -0.2) is 0 Å². The van der Waals surface area contributed by atoms with Crippen LogP contribution in [0.3, 0.4) is 0 Å². The summed E-state index contributed by atoms with van der Waals surface area (Å²) in [4.78, 5) is 24.6. The smallest absolute Gasteiger partial charge is 0.307 e. The first-order valence-corrected chi connectivity index (χ1v) is 9.86. The van der Waals surface area contributed by atoms with Crippen molar-refractivity contribution in [2.24, 2.45) is 0 Å². The molecule has 0 spiro atoms. The molecule has 1 aromatic heterocycles. The number of benzene rings is 2. The first-order valence-electron chi connectivity index (χ1n) is 9.86. The van der Waals surface area contributed by atoms with E-state index in [1.807, 2.05) is 42.5 Å². The molecule has 1 heterocycles. The largest absolute Gasteiger partial charge is 0.497 e. The Bertz CT molecular complexity index is 1030. The summed E-state index contributed by atoms with van der Waals surface area (Å²) in [5, 5.41) is 2.70. The van der Waals surface area contributed by atoms with Crippen molar-refractivity contribution in [2.75, 3.05) is 19.5 Å². The molecule has 0 saturated heterocycles. The number of anilines is 1. The van der Waals surface area contributed by atoms with Crippen molar-refractivity contribution in [1.82, 2.24) is 0 Å². The molecular weight excluding hydrogens is 398 g/mol. The number of furan rings is 1. The molecule has 3 rings (SSSR count). The molecule has 31 heavy (non-hydrogen) atoms. The van der Waals surface area contributed by atoms with Crippen molar-refractivity contribution in [3.63, 3.8) is 0 Å². The summed E-state index contributed by atoms with van der Waals surface area (Å²) in [5.41, 5.74) is 1.40. The average molecular weight is 423 g/mol. The normalized spacial score (nSPS) is 11.5. The Labute approximate surface area is 180 Å². The minimum Gasteiger partial charge on any atom is -0.497 e. The highest BCUT2D eigenvalue weighted by Crippen LogP contribution is 2.29. The molecule has 0 aliphatic rings. The summed E-state index contributed by atoms with van der Waals surface area (Å²) in [6, 6.07) is 18.4. The zero-order valence-electron chi connectivity index (χ0n) is 17.7. The first kappa shape index (κ1) is 22.0. The van der Waals surface area contributed by atoms with Crippen molar-refractivity contribution in [1.29, 1.82) is 0 Å². The van der Waals surface area contributed by atoms with Crippen molar-refractivity contribution in [3.05, 3.63) is 66.4 Å². The van der Waals surface area contributed by atoms with Crippen LogP contribution in [0.1, 0.15) is 19.1 Å². The van der Waals surface area contributed by atoms with E-state index in [0.717, 1.165) is 11.3 Å². The predicted octanol–water partition coefficient (Wildman–Crippen LogP) is 4.47. The summed E-state index contributed by atoms with van der Waals surface area (Å²) >= 11 is 0. The molecule has 0 radical (unpaired) electrons. The van der Waals surface area contributed by atoms with Crippen LogP contribution in [0.25, 0.3) is 11.3 Å². The minimum atomic E-state index is -0.972. The van der Waals surface area contributed by atoms with Gasteiger partial charge in [-0.05, 0) is 31.2 Å². The molecular formula is C24H25NO6. The second kappa shape index (κ2) is 10.3. The van der Waals surface area contributed by atoms with Gasteiger partial charge in [-0.2, -0.15) is 0 Å². The van der Waals surface area contributed by atoms with Crippen LogP contribution in [-0.2, 0) is 20.7 Å². The zero-order valence-corrected chi connectivity index (χ0v) is 17.7. The van der Waals surface area contributed by atoms with E-state index in [0.29, 0.717) is 29.4 Å². The maximum absolute atomic E-state index is 12.4. The summed E-state index contributed by atoms with van der Waals surface area (Å²) in [7, 11) is 3.03. The number of esters is 1. The molecule has 1 atom stereocenters. The number of aryl methyl sites for hydroxylation is 1. The number of hydrogen-bond donors (Lipinski definition) is 1. The number of ether oxygens (including phenoxy) is 3. The quantitative estimate of drug-likeness (QED) is 0.511. The lowest BCUT2D eigenvalue weighted by molar-refractivity contribution is -0.153. The minimum absolute atomic E-state index is 0.0991. The Balaban J connectivity index is 1.51. The van der Waals surface area contributed by atoms with Crippen LogP contribution in [0.2, 0.25) is 0 Å². The van der Waals surface area contributed by atoms with Crippen molar-refractivity contribution < 1.29 is 28.2 Å². The van der Waals surface area contributed by atoms with E-state index in [9.17, 15) is 9.59 Å². The van der Waals surface area contributed by atoms with Crippen LogP contribution in [0.5, 0.6) is 11.5 Å². The number of amides is 1. The SMILES string of the molecule is COc1ccc(OC)c(NC(=O)C(C)OC(=O)CCc2ccc(-c3ccccc3)o2)c1. The van der Waals surface area contributed by atoms with Crippen LogP contribution in [0, 0.1) is 0 Å². The third kappa shape index (κ3) is 5.88. The second-order valence-corrected chi connectivity index (χ2v) is 6.82. The lowest BCUT2D eigenvalue weighted by Gasteiger charge is -2.15. The topological polar surface area (TPSA) is 87.0 Å². The van der Waals surface area contributed by atoms with Crippen molar-refractivity contribution >= 4 is 17.6 Å². The number of rotatable bonds is 9. The molecule has 7 heteroatoms. The summed E-state index contributed by atoms with van der Waals surface area (Å²) in [6.07, 6.45) is -0.495. The number of methoxy groups -OCH3 is 2. The van der Waals surface area contributed by atoms with E-state index in [1.54, 1.807) is 18.2 Å². The van der Waals surface area contributed by atoms with Crippen molar-refractivity contribution in [2.45, 2.75) is 25.9 Å². The molecule has 0 saturated carbocycles. The molecule has 2 aromatic carbocycles. The van der Waals surface area contributed by atoms with E-state index in [2.05, 4.69) is 5.32 Å². The van der Waals surface area contributed by atoms with Gasteiger partial charge >= 0.3 is 5.97 Å². The van der Waals surface area contributed by atoms with Gasteiger partial charge < -0.3 is 23.9 Å². The molecule has 7 nitrogen and oxygen atoms in total. The summed E-state index contributed by atoms with van der Waals surface area (Å²) in [6.45, 7) is 1.51. The van der Waals surface area contributed by atoms with E-state index < -0.39 is 18.0 Å². The van der Waals surface area contributed by atoms with Crippen LogP contribution >= 0.6 is 0 Å². The van der Waals surface area contributed by atoms with Gasteiger partial charge in [-0.15, -0.1) is 0 Å². The Morgan fingerprint density at radius 3 is 2.48 bits per heavy atom. The predicted molar refractivity (Wildman–Crippen MR) is 116 cm³/mol. The van der Waals surface area contributed by atoms with Gasteiger partial charge in [0.25, 0.3) is 5.91 Å². The molecule has 1 amide bonds. The molecule has 0 bridgehead atoms. The van der Waals surface area contributed by atoms with Gasteiger partial charge in [-0.1, -0.05) is 30.3 Å². The van der Waals surface area contributed by atoms with Crippen LogP contribution in [0.15, 0.2) is 65.1 Å². The van der Waals surface area contributed by atoms with Gasteiger partial charge in [-0.3, -0.25) is 9.59 Å². The Hall–Kier alpha value is -3.74. The van der Waals surface area contributed by atoms with E-state index in [4.69, 9.17) is 18.6 Å². The van der Waals surface area contributed by atoms with Crippen LogP contribution in [-0.4, -0.2) is 32.2 Å². The highest BCUT2D eigenvalue weighted by Gasteiger charge is 2.20. The standard InChI is InChI=1S/C24H25NO6/c1-16(24(27)25-20-15-19(28-2)10-13-22(20)29-3)30-23(26)14-11-18-9-12-21(31-18)17-7-5-4-6-8-17/h4-10,12-13,15-16H,11,14H2,1-3H3,(H,25,27). The number of carbonyl (C=O) groups is 2. The fourth-order valence-electron chi connectivity index (χ4n) is 2.95. The highest BCUT2D eigenvalue weighted by molar-refractivity contribution is 5.96. The second-order valence-electron chi connectivity index (χ2n) is 6.82. The van der Waals surface area contributed by atoms with E-state index >= 15 is 0 Å². The van der Waals surface area contributed by atoms with Crippen LogP contribution < -0.4 is 14.8 Å². The first-order chi connectivity index (χ1) is 15.0. The number of nitrogens with one attached hydrogen (secondary N) is 1. The van der Waals surface area contributed by atoms with E-state index in [1.165, 1.54) is 21.1 Å². The van der Waals surface area contributed by atoms with Gasteiger partial charge in [0.1, 0.15) is 23.0 Å². The Morgan fingerprint density at radius 1 is 1.00 bits per heavy atom. The molecule has 0 aliphatic carbocycles.